The third-order valence-electron chi connectivity index (χ3n) is 6.62. The largest absolute Gasteiger partial charge is 0.348 e. The molecule has 0 bridgehead atoms. The summed E-state index contributed by atoms with van der Waals surface area (Å²) in [6.45, 7) is 0.0200. The minimum Gasteiger partial charge on any atom is -0.348 e. The van der Waals surface area contributed by atoms with E-state index in [0.717, 1.165) is 46.3 Å². The number of aryl methyl sites for hydroxylation is 1. The average Bonchev–Trinajstić information content (AvgIpc) is 2.83. The lowest BCUT2D eigenvalue weighted by Gasteiger charge is -2.36. The molecule has 0 radical (unpaired) electrons. The molecule has 3 aromatic carbocycles. The number of carbonyl (C=O) groups is 1. The maximum atomic E-state index is 14.5. The van der Waals surface area contributed by atoms with Crippen LogP contribution in [0, 0.1) is 5.82 Å². The van der Waals surface area contributed by atoms with E-state index in [9.17, 15) is 17.6 Å². The summed E-state index contributed by atoms with van der Waals surface area (Å²) in [4.78, 5) is 13.1. The summed E-state index contributed by atoms with van der Waals surface area (Å²) in [7, 11) is -4.23. The second-order valence-corrected chi connectivity index (χ2v) is 10.5. The van der Waals surface area contributed by atoms with Crippen molar-refractivity contribution >= 4 is 15.9 Å². The summed E-state index contributed by atoms with van der Waals surface area (Å²) in [5.41, 5.74) is 4.04. The van der Waals surface area contributed by atoms with Gasteiger partial charge in [-0.3, -0.25) is 4.79 Å². The van der Waals surface area contributed by atoms with Crippen molar-refractivity contribution < 1.29 is 17.6 Å². The van der Waals surface area contributed by atoms with Crippen molar-refractivity contribution in [2.75, 3.05) is 0 Å². The van der Waals surface area contributed by atoms with E-state index < -0.39 is 26.8 Å². The molecule has 33 heavy (non-hydrogen) atoms. The average molecular weight is 465 g/mol. The lowest BCUT2D eigenvalue weighted by atomic mass is 9.87. The van der Waals surface area contributed by atoms with E-state index in [-0.39, 0.29) is 24.9 Å². The molecule has 0 aromatic heterocycles. The van der Waals surface area contributed by atoms with Crippen molar-refractivity contribution in [3.05, 3.63) is 101 Å². The highest BCUT2D eigenvalue weighted by Crippen LogP contribution is 2.33. The van der Waals surface area contributed by atoms with Crippen LogP contribution < -0.4 is 5.32 Å². The number of hydrogen-bond acceptors (Lipinski definition) is 3. The Balaban J connectivity index is 1.50. The molecule has 1 aliphatic carbocycles. The van der Waals surface area contributed by atoms with E-state index in [0.29, 0.717) is 0 Å². The molecule has 1 heterocycles. The van der Waals surface area contributed by atoms with E-state index >= 15 is 0 Å². The van der Waals surface area contributed by atoms with Crippen molar-refractivity contribution in [1.29, 1.82) is 0 Å². The molecule has 7 heteroatoms. The molecule has 2 atom stereocenters. The van der Waals surface area contributed by atoms with Gasteiger partial charge < -0.3 is 5.32 Å². The lowest BCUT2D eigenvalue weighted by molar-refractivity contribution is -0.126. The van der Waals surface area contributed by atoms with Gasteiger partial charge in [-0.2, -0.15) is 4.31 Å². The fraction of sp³-hybridized carbons (Fsp3) is 0.269. The van der Waals surface area contributed by atoms with E-state index in [1.54, 1.807) is 0 Å². The third kappa shape index (κ3) is 4.07. The Morgan fingerprint density at radius 1 is 0.909 bits per heavy atom. The molecular formula is C26H25FN2O3S. The van der Waals surface area contributed by atoms with Crippen LogP contribution in [-0.4, -0.2) is 24.7 Å². The van der Waals surface area contributed by atoms with E-state index in [4.69, 9.17) is 0 Å². The first kappa shape index (κ1) is 21.8. The Morgan fingerprint density at radius 2 is 1.58 bits per heavy atom. The van der Waals surface area contributed by atoms with Crippen molar-refractivity contribution in [3.63, 3.8) is 0 Å². The van der Waals surface area contributed by atoms with Crippen LogP contribution in [0.25, 0.3) is 0 Å². The molecule has 0 unspecified atom stereocenters. The number of benzene rings is 3. The highest BCUT2D eigenvalue weighted by molar-refractivity contribution is 7.89. The van der Waals surface area contributed by atoms with Crippen LogP contribution in [0.15, 0.2) is 77.7 Å². The monoisotopic (exact) mass is 464 g/mol. The Labute approximate surface area is 193 Å². The molecule has 1 aliphatic heterocycles. The minimum atomic E-state index is -4.23. The van der Waals surface area contributed by atoms with Gasteiger partial charge in [0.2, 0.25) is 15.9 Å². The minimum absolute atomic E-state index is 0.0200. The number of sulfonamides is 1. The first-order valence-electron chi connectivity index (χ1n) is 11.2. The molecule has 2 aliphatic rings. The molecule has 0 spiro atoms. The second-order valence-electron chi connectivity index (χ2n) is 8.62. The Morgan fingerprint density at radius 3 is 2.36 bits per heavy atom. The number of nitrogens with one attached hydrogen (secondary N) is 1. The maximum absolute atomic E-state index is 14.5. The molecule has 0 saturated carbocycles. The van der Waals surface area contributed by atoms with Crippen LogP contribution in [0.2, 0.25) is 0 Å². The topological polar surface area (TPSA) is 66.5 Å². The predicted molar refractivity (Wildman–Crippen MR) is 123 cm³/mol. The van der Waals surface area contributed by atoms with Gasteiger partial charge in [0, 0.05) is 6.54 Å². The second kappa shape index (κ2) is 8.72. The summed E-state index contributed by atoms with van der Waals surface area (Å²) < 4.78 is 42.7. The Kier molecular flexibility index (Phi) is 5.76. The third-order valence-corrected chi connectivity index (χ3v) is 8.51. The van der Waals surface area contributed by atoms with Gasteiger partial charge >= 0.3 is 0 Å². The fourth-order valence-electron chi connectivity index (χ4n) is 4.93. The van der Waals surface area contributed by atoms with Crippen LogP contribution >= 0.6 is 0 Å². The highest BCUT2D eigenvalue weighted by atomic mass is 32.2. The molecule has 1 amide bonds. The van der Waals surface area contributed by atoms with Crippen LogP contribution in [0.4, 0.5) is 4.39 Å². The molecule has 5 rings (SSSR count). The summed E-state index contributed by atoms with van der Waals surface area (Å²) in [5.74, 6) is -1.18. The first-order valence-corrected chi connectivity index (χ1v) is 12.6. The summed E-state index contributed by atoms with van der Waals surface area (Å²) >= 11 is 0. The predicted octanol–water partition coefficient (Wildman–Crippen LogP) is 4.14. The number of fused-ring (bicyclic) bond motifs is 2. The van der Waals surface area contributed by atoms with Gasteiger partial charge in [0.1, 0.15) is 16.8 Å². The first-order chi connectivity index (χ1) is 15.9. The number of halogens is 1. The lowest BCUT2D eigenvalue weighted by Crippen LogP contribution is -2.53. The van der Waals surface area contributed by atoms with Crippen molar-refractivity contribution in [2.45, 2.75) is 49.2 Å². The van der Waals surface area contributed by atoms with Gasteiger partial charge in [0.15, 0.2) is 0 Å². The van der Waals surface area contributed by atoms with E-state index in [2.05, 4.69) is 11.4 Å². The molecule has 5 nitrogen and oxygen atoms in total. The van der Waals surface area contributed by atoms with Gasteiger partial charge in [0.25, 0.3) is 0 Å². The number of amides is 1. The summed E-state index contributed by atoms with van der Waals surface area (Å²) in [6.07, 6.45) is 2.95. The molecule has 0 fully saturated rings. The van der Waals surface area contributed by atoms with Crippen molar-refractivity contribution in [3.8, 4) is 0 Å². The zero-order valence-electron chi connectivity index (χ0n) is 18.1. The normalized spacial score (nSPS) is 20.5. The number of rotatable bonds is 4. The molecule has 0 saturated heterocycles. The van der Waals surface area contributed by atoms with E-state index in [1.807, 2.05) is 42.5 Å². The van der Waals surface area contributed by atoms with Gasteiger partial charge in [-0.05, 0) is 60.1 Å². The van der Waals surface area contributed by atoms with Gasteiger partial charge in [-0.1, -0.05) is 60.7 Å². The smallest absolute Gasteiger partial charge is 0.247 e. The number of hydrogen-bond donors (Lipinski definition) is 1. The molecule has 1 N–H and O–H groups in total. The fourth-order valence-corrected chi connectivity index (χ4v) is 6.56. The molecule has 170 valence electrons. The molecule has 3 aromatic rings. The van der Waals surface area contributed by atoms with Crippen LogP contribution in [-0.2, 0) is 34.2 Å². The van der Waals surface area contributed by atoms with E-state index in [1.165, 1.54) is 23.8 Å². The van der Waals surface area contributed by atoms with Gasteiger partial charge in [0.05, 0.1) is 6.04 Å². The quantitative estimate of drug-likeness (QED) is 0.631. The van der Waals surface area contributed by atoms with Crippen LogP contribution in [0.1, 0.15) is 41.1 Å². The molecular weight excluding hydrogens is 439 g/mol. The number of nitrogens with zero attached hydrogens (tertiary/aromatic N) is 1. The maximum Gasteiger partial charge on any atom is 0.247 e. The summed E-state index contributed by atoms with van der Waals surface area (Å²) in [6, 6.07) is 19.7. The SMILES string of the molecule is O=C(N[C@H]1CCCc2ccccc21)[C@H]1Cc2ccccc2CN1S(=O)(=O)c1ccccc1F. The zero-order valence-corrected chi connectivity index (χ0v) is 18.9. The van der Waals surface area contributed by atoms with Gasteiger partial charge in [-0.25, -0.2) is 12.8 Å². The van der Waals surface area contributed by atoms with Crippen molar-refractivity contribution in [1.82, 2.24) is 9.62 Å². The number of carbonyl (C=O) groups excluding carboxylic acids is 1. The zero-order chi connectivity index (χ0) is 23.0. The Bertz CT molecular complexity index is 1310. The van der Waals surface area contributed by atoms with Crippen LogP contribution in [0.3, 0.4) is 0 Å². The highest BCUT2D eigenvalue weighted by Gasteiger charge is 2.41. The summed E-state index contributed by atoms with van der Waals surface area (Å²) in [5, 5.41) is 3.10. The standard InChI is InChI=1S/C26H25FN2O3S/c27-22-13-5-6-15-25(22)33(31,32)29-17-20-10-2-1-9-19(20)16-24(29)26(30)28-23-14-7-11-18-8-3-4-12-21(18)23/h1-6,8-10,12-13,15,23-24H,7,11,14,16-17H2,(H,28,30)/t23-,24+/m0/s1. The van der Waals surface area contributed by atoms with Gasteiger partial charge in [-0.15, -0.1) is 0 Å². The van der Waals surface area contributed by atoms with Crippen molar-refractivity contribution in [2.24, 2.45) is 0 Å². The van der Waals surface area contributed by atoms with Crippen LogP contribution in [0.5, 0.6) is 0 Å². The Hall–Kier alpha value is -3.03.